The van der Waals surface area contributed by atoms with Crippen LogP contribution in [0.1, 0.15) is 20.8 Å². The molecule has 0 unspecified atom stereocenters. The molecule has 3 N–H and O–H groups in total. The van der Waals surface area contributed by atoms with Crippen LogP contribution in [0.3, 0.4) is 0 Å². The number of hydrogen-bond acceptors (Lipinski definition) is 6. The fourth-order valence-electron chi connectivity index (χ4n) is 0.746. The quantitative estimate of drug-likeness (QED) is 0.373. The van der Waals surface area contributed by atoms with E-state index in [9.17, 15) is 0 Å². The van der Waals surface area contributed by atoms with E-state index in [-0.39, 0.29) is 0 Å². The Labute approximate surface area is 92.1 Å². The molecule has 0 radical (unpaired) electrons. The molecule has 0 rings (SSSR count). The molecule has 0 aliphatic carbocycles. The molecule has 0 aromatic heterocycles. The van der Waals surface area contributed by atoms with Crippen molar-refractivity contribution in [1.29, 1.82) is 0 Å². The molecule has 0 bridgehead atoms. The van der Waals surface area contributed by atoms with Crippen LogP contribution in [0.25, 0.3) is 0 Å². The summed E-state index contributed by atoms with van der Waals surface area (Å²) >= 11 is 0. The van der Waals surface area contributed by atoms with Crippen molar-refractivity contribution < 1.29 is 14.5 Å². The zero-order valence-electron chi connectivity index (χ0n) is 9.63. The summed E-state index contributed by atoms with van der Waals surface area (Å²) in [5.74, 6) is 0. The van der Waals surface area contributed by atoms with Gasteiger partial charge in [0.05, 0.1) is 19.8 Å². The summed E-state index contributed by atoms with van der Waals surface area (Å²) in [6, 6.07) is 0. The van der Waals surface area contributed by atoms with Gasteiger partial charge < -0.3 is 14.5 Å². The average Bonchev–Trinajstić information content (AvgIpc) is 2.29. The fraction of sp³-hybridized carbons (Fsp3) is 0.750. The second-order valence-corrected chi connectivity index (χ2v) is 5.25. The highest BCUT2D eigenvalue weighted by Gasteiger charge is 2.32. The van der Waals surface area contributed by atoms with Gasteiger partial charge in [0, 0.05) is 0 Å². The number of rotatable bonds is 10. The lowest BCUT2D eigenvalue weighted by Gasteiger charge is -2.27. The Morgan fingerprint density at radius 1 is 0.933 bits per heavy atom. The Balaban J connectivity index is 4.23. The SMILES string of the molecule is C=C[Si](NOCC)(NOCC)NOCC. The molecule has 0 aromatic carbocycles. The van der Waals surface area contributed by atoms with Gasteiger partial charge >= 0.3 is 8.56 Å². The van der Waals surface area contributed by atoms with Crippen molar-refractivity contribution in [3.8, 4) is 0 Å². The van der Waals surface area contributed by atoms with E-state index in [1.54, 1.807) is 5.70 Å². The normalized spacial score (nSPS) is 11.7. The van der Waals surface area contributed by atoms with Gasteiger partial charge in [-0.3, -0.25) is 0 Å². The monoisotopic (exact) mass is 235 g/mol. The molecule has 0 aromatic rings. The van der Waals surface area contributed by atoms with E-state index in [0.29, 0.717) is 19.8 Å². The van der Waals surface area contributed by atoms with E-state index < -0.39 is 8.56 Å². The molecule has 90 valence electrons. The number of nitrogens with one attached hydrogen (secondary N) is 3. The molecule has 0 amide bonds. The zero-order valence-corrected chi connectivity index (χ0v) is 10.6. The van der Waals surface area contributed by atoms with Gasteiger partial charge in [-0.2, -0.15) is 15.4 Å². The molecule has 0 saturated carbocycles. The van der Waals surface area contributed by atoms with Crippen LogP contribution in [0.15, 0.2) is 12.3 Å². The first kappa shape index (κ1) is 14.7. The third kappa shape index (κ3) is 6.00. The molecule has 0 heterocycles. The Bertz CT molecular complexity index is 149. The van der Waals surface area contributed by atoms with Gasteiger partial charge in [-0.1, -0.05) is 5.70 Å². The summed E-state index contributed by atoms with van der Waals surface area (Å²) in [6.45, 7) is 11.0. The summed E-state index contributed by atoms with van der Waals surface area (Å²) in [5, 5.41) is 8.55. The van der Waals surface area contributed by atoms with E-state index in [2.05, 4.69) is 22.0 Å². The third-order valence-corrected chi connectivity index (χ3v) is 3.45. The van der Waals surface area contributed by atoms with Crippen LogP contribution in [0.4, 0.5) is 0 Å². The predicted octanol–water partition coefficient (Wildman–Crippen LogP) is 0.274. The van der Waals surface area contributed by atoms with Crippen LogP contribution < -0.4 is 15.4 Å². The summed E-state index contributed by atoms with van der Waals surface area (Å²) in [4.78, 5) is 15.4. The lowest BCUT2D eigenvalue weighted by Crippen LogP contribution is -2.70. The van der Waals surface area contributed by atoms with Crippen molar-refractivity contribution in [2.45, 2.75) is 20.8 Å². The minimum absolute atomic E-state index is 0.546. The second-order valence-electron chi connectivity index (χ2n) is 2.62. The molecule has 0 atom stereocenters. The van der Waals surface area contributed by atoms with Crippen molar-refractivity contribution in [3.63, 3.8) is 0 Å². The van der Waals surface area contributed by atoms with Gasteiger partial charge in [0.1, 0.15) is 0 Å². The maximum Gasteiger partial charge on any atom is 0.378 e. The topological polar surface area (TPSA) is 63.8 Å². The van der Waals surface area contributed by atoms with Gasteiger partial charge in [-0.15, -0.1) is 6.58 Å². The van der Waals surface area contributed by atoms with Crippen LogP contribution in [0.2, 0.25) is 0 Å². The first-order valence-corrected chi connectivity index (χ1v) is 7.12. The summed E-state index contributed by atoms with van der Waals surface area (Å²) < 4.78 is 0. The van der Waals surface area contributed by atoms with Gasteiger partial charge in [-0.05, 0) is 20.8 Å². The highest BCUT2D eigenvalue weighted by atomic mass is 28.4. The minimum atomic E-state index is -2.49. The minimum Gasteiger partial charge on any atom is -0.306 e. The van der Waals surface area contributed by atoms with Crippen LogP contribution in [-0.4, -0.2) is 28.4 Å². The molecule has 6 nitrogen and oxygen atoms in total. The highest BCUT2D eigenvalue weighted by Crippen LogP contribution is 1.92. The Hall–Kier alpha value is -0.283. The molecular formula is C8H21N3O3Si. The van der Waals surface area contributed by atoms with Crippen LogP contribution in [0.5, 0.6) is 0 Å². The predicted molar refractivity (Wildman–Crippen MR) is 60.2 cm³/mol. The van der Waals surface area contributed by atoms with E-state index in [1.807, 2.05) is 20.8 Å². The summed E-state index contributed by atoms with van der Waals surface area (Å²) in [6.07, 6.45) is 0. The third-order valence-electron chi connectivity index (χ3n) is 1.44. The fourth-order valence-corrected chi connectivity index (χ4v) is 2.24. The first-order valence-electron chi connectivity index (χ1n) is 5.05. The van der Waals surface area contributed by atoms with Crippen molar-refractivity contribution in [2.24, 2.45) is 0 Å². The average molecular weight is 235 g/mol. The molecule has 15 heavy (non-hydrogen) atoms. The molecule has 0 saturated heterocycles. The van der Waals surface area contributed by atoms with Crippen LogP contribution >= 0.6 is 0 Å². The molecule has 0 aliphatic heterocycles. The standard InChI is InChI=1S/C8H21N3O3Si/c1-5-12-9-15(8-4,10-13-6-2)11-14-7-3/h8-11H,4-7H2,1-3H3. The second kappa shape index (κ2) is 8.98. The highest BCUT2D eigenvalue weighted by molar-refractivity contribution is 6.76. The van der Waals surface area contributed by atoms with Crippen LogP contribution in [-0.2, 0) is 14.5 Å². The van der Waals surface area contributed by atoms with Crippen molar-refractivity contribution in [3.05, 3.63) is 12.3 Å². The van der Waals surface area contributed by atoms with Gasteiger partial charge in [-0.25, -0.2) is 0 Å². The summed E-state index contributed by atoms with van der Waals surface area (Å²) in [7, 11) is -2.49. The van der Waals surface area contributed by atoms with Gasteiger partial charge in [0.15, 0.2) is 0 Å². The largest absolute Gasteiger partial charge is 0.378 e. The summed E-state index contributed by atoms with van der Waals surface area (Å²) in [5.41, 5.74) is 1.69. The first-order chi connectivity index (χ1) is 7.24. The van der Waals surface area contributed by atoms with Crippen molar-refractivity contribution in [2.75, 3.05) is 19.8 Å². The zero-order chi connectivity index (χ0) is 11.6. The smallest absolute Gasteiger partial charge is 0.306 e. The molecular weight excluding hydrogens is 214 g/mol. The van der Waals surface area contributed by atoms with Gasteiger partial charge in [0.25, 0.3) is 0 Å². The van der Waals surface area contributed by atoms with Crippen molar-refractivity contribution in [1.82, 2.24) is 15.4 Å². The van der Waals surface area contributed by atoms with Gasteiger partial charge in [0.2, 0.25) is 0 Å². The molecule has 0 spiro atoms. The van der Waals surface area contributed by atoms with E-state index in [1.165, 1.54) is 0 Å². The maximum absolute atomic E-state index is 5.14. The number of hydrogen-bond donors (Lipinski definition) is 3. The van der Waals surface area contributed by atoms with E-state index >= 15 is 0 Å². The Kier molecular flexibility index (Phi) is 8.81. The molecule has 0 fully saturated rings. The lowest BCUT2D eigenvalue weighted by atomic mass is 10.9. The van der Waals surface area contributed by atoms with Crippen LogP contribution in [0, 0.1) is 0 Å². The molecule has 0 aliphatic rings. The van der Waals surface area contributed by atoms with E-state index in [0.717, 1.165) is 0 Å². The maximum atomic E-state index is 5.14. The van der Waals surface area contributed by atoms with Crippen molar-refractivity contribution >= 4 is 8.56 Å². The lowest BCUT2D eigenvalue weighted by molar-refractivity contribution is 0.0276. The van der Waals surface area contributed by atoms with E-state index in [4.69, 9.17) is 14.5 Å². The Morgan fingerprint density at radius 2 is 1.27 bits per heavy atom. The Morgan fingerprint density at radius 3 is 1.47 bits per heavy atom. The molecule has 7 heteroatoms.